The highest BCUT2D eigenvalue weighted by molar-refractivity contribution is 7.12. The molecule has 0 bridgehead atoms. The molecule has 1 aromatic heterocycles. The third-order valence-electron chi connectivity index (χ3n) is 2.82. The van der Waals surface area contributed by atoms with E-state index in [0.29, 0.717) is 17.1 Å². The van der Waals surface area contributed by atoms with Gasteiger partial charge in [0.15, 0.2) is 0 Å². The van der Waals surface area contributed by atoms with E-state index in [-0.39, 0.29) is 5.91 Å². The standard InChI is InChI=1S/C14H16N2O2S/c1-16(14(17)13-12(15)7-8-19-13)9-10-3-5-11(18-2)6-4-10/h3-8H,9,15H2,1-2H3. The van der Waals surface area contributed by atoms with Crippen LogP contribution in [0.3, 0.4) is 0 Å². The minimum absolute atomic E-state index is 0.0525. The van der Waals surface area contributed by atoms with Crippen LogP contribution < -0.4 is 10.5 Å². The number of amides is 1. The van der Waals surface area contributed by atoms with Gasteiger partial charge in [-0.05, 0) is 29.1 Å². The summed E-state index contributed by atoms with van der Waals surface area (Å²) in [4.78, 5) is 14.4. The summed E-state index contributed by atoms with van der Waals surface area (Å²) in [7, 11) is 3.40. The van der Waals surface area contributed by atoms with Crippen LogP contribution in [0.15, 0.2) is 35.7 Å². The van der Waals surface area contributed by atoms with E-state index in [1.54, 1.807) is 25.1 Å². The van der Waals surface area contributed by atoms with Crippen molar-refractivity contribution >= 4 is 22.9 Å². The third-order valence-corrected chi connectivity index (χ3v) is 3.73. The number of nitrogen functional groups attached to an aromatic ring is 1. The van der Waals surface area contributed by atoms with Crippen LogP contribution in [0.2, 0.25) is 0 Å². The molecule has 0 spiro atoms. The summed E-state index contributed by atoms with van der Waals surface area (Å²) in [6, 6.07) is 9.40. The average molecular weight is 276 g/mol. The van der Waals surface area contributed by atoms with Gasteiger partial charge in [0, 0.05) is 13.6 Å². The van der Waals surface area contributed by atoms with Crippen molar-refractivity contribution in [2.75, 3.05) is 19.9 Å². The number of anilines is 1. The predicted molar refractivity (Wildman–Crippen MR) is 77.5 cm³/mol. The van der Waals surface area contributed by atoms with E-state index < -0.39 is 0 Å². The molecule has 1 aromatic carbocycles. The Morgan fingerprint density at radius 3 is 2.53 bits per heavy atom. The van der Waals surface area contributed by atoms with Gasteiger partial charge in [-0.3, -0.25) is 4.79 Å². The van der Waals surface area contributed by atoms with Gasteiger partial charge in [-0.2, -0.15) is 0 Å². The second kappa shape index (κ2) is 5.75. The normalized spacial score (nSPS) is 10.2. The molecule has 4 nitrogen and oxygen atoms in total. The van der Waals surface area contributed by atoms with E-state index in [1.165, 1.54) is 11.3 Å². The van der Waals surface area contributed by atoms with E-state index in [9.17, 15) is 4.79 Å². The van der Waals surface area contributed by atoms with Gasteiger partial charge >= 0.3 is 0 Å². The summed E-state index contributed by atoms with van der Waals surface area (Å²) in [5, 5.41) is 1.82. The van der Waals surface area contributed by atoms with Gasteiger partial charge in [0.05, 0.1) is 12.8 Å². The Hall–Kier alpha value is -2.01. The van der Waals surface area contributed by atoms with Crippen LogP contribution in [0.4, 0.5) is 5.69 Å². The van der Waals surface area contributed by atoms with Crippen molar-refractivity contribution < 1.29 is 9.53 Å². The van der Waals surface area contributed by atoms with Crippen LogP contribution in [0.25, 0.3) is 0 Å². The van der Waals surface area contributed by atoms with E-state index >= 15 is 0 Å². The van der Waals surface area contributed by atoms with Crippen molar-refractivity contribution in [2.24, 2.45) is 0 Å². The largest absolute Gasteiger partial charge is 0.497 e. The molecule has 19 heavy (non-hydrogen) atoms. The highest BCUT2D eigenvalue weighted by atomic mass is 32.1. The molecule has 0 aliphatic heterocycles. The Bertz CT molecular complexity index is 563. The lowest BCUT2D eigenvalue weighted by molar-refractivity contribution is 0.0791. The van der Waals surface area contributed by atoms with Crippen LogP contribution in [0, 0.1) is 0 Å². The molecule has 0 saturated carbocycles. The van der Waals surface area contributed by atoms with Crippen LogP contribution in [-0.2, 0) is 6.54 Å². The maximum Gasteiger partial charge on any atom is 0.266 e. The van der Waals surface area contributed by atoms with Crippen molar-refractivity contribution in [1.29, 1.82) is 0 Å². The maximum absolute atomic E-state index is 12.2. The summed E-state index contributed by atoms with van der Waals surface area (Å²) in [6.07, 6.45) is 0. The summed E-state index contributed by atoms with van der Waals surface area (Å²) < 4.78 is 5.10. The summed E-state index contributed by atoms with van der Waals surface area (Å²) in [6.45, 7) is 0.542. The number of benzene rings is 1. The first-order valence-corrected chi connectivity index (χ1v) is 6.71. The fraction of sp³-hybridized carbons (Fsp3) is 0.214. The molecule has 1 amide bonds. The number of hydrogen-bond acceptors (Lipinski definition) is 4. The van der Waals surface area contributed by atoms with Crippen LogP contribution in [0.5, 0.6) is 5.75 Å². The fourth-order valence-corrected chi connectivity index (χ4v) is 2.55. The van der Waals surface area contributed by atoms with Gasteiger partial charge < -0.3 is 15.4 Å². The quantitative estimate of drug-likeness (QED) is 0.934. The first-order valence-electron chi connectivity index (χ1n) is 5.83. The molecule has 5 heteroatoms. The topological polar surface area (TPSA) is 55.6 Å². The van der Waals surface area contributed by atoms with Crippen molar-refractivity contribution in [3.63, 3.8) is 0 Å². The first-order chi connectivity index (χ1) is 9.11. The van der Waals surface area contributed by atoms with E-state index in [4.69, 9.17) is 10.5 Å². The second-order valence-electron chi connectivity index (χ2n) is 4.21. The molecule has 0 unspecified atom stereocenters. The molecule has 0 radical (unpaired) electrons. The molecule has 2 N–H and O–H groups in total. The van der Waals surface area contributed by atoms with Crippen molar-refractivity contribution in [3.8, 4) is 5.75 Å². The van der Waals surface area contributed by atoms with Crippen molar-refractivity contribution in [1.82, 2.24) is 4.90 Å². The first kappa shape index (κ1) is 13.4. The molecule has 100 valence electrons. The Morgan fingerprint density at radius 1 is 1.32 bits per heavy atom. The summed E-state index contributed by atoms with van der Waals surface area (Å²) in [5.74, 6) is 0.753. The molecule has 2 rings (SSSR count). The minimum Gasteiger partial charge on any atom is -0.497 e. The summed E-state index contributed by atoms with van der Waals surface area (Å²) >= 11 is 1.37. The minimum atomic E-state index is -0.0525. The van der Waals surface area contributed by atoms with E-state index in [2.05, 4.69) is 0 Å². The molecular formula is C14H16N2O2S. The van der Waals surface area contributed by atoms with Gasteiger partial charge in [0.2, 0.25) is 0 Å². The lowest BCUT2D eigenvalue weighted by Crippen LogP contribution is -2.26. The highest BCUT2D eigenvalue weighted by Gasteiger charge is 2.16. The predicted octanol–water partition coefficient (Wildman–Crippen LogP) is 2.61. The Balaban J connectivity index is 2.06. The summed E-state index contributed by atoms with van der Waals surface area (Å²) in [5.41, 5.74) is 7.34. The lowest BCUT2D eigenvalue weighted by Gasteiger charge is -2.17. The van der Waals surface area contributed by atoms with Gasteiger partial charge in [0.25, 0.3) is 5.91 Å². The number of carbonyl (C=O) groups excluding carboxylic acids is 1. The monoisotopic (exact) mass is 276 g/mol. The van der Waals surface area contributed by atoms with E-state index in [0.717, 1.165) is 11.3 Å². The Kier molecular flexibility index (Phi) is 4.06. The number of nitrogens with zero attached hydrogens (tertiary/aromatic N) is 1. The van der Waals surface area contributed by atoms with Crippen LogP contribution in [0.1, 0.15) is 15.2 Å². The number of methoxy groups -OCH3 is 1. The smallest absolute Gasteiger partial charge is 0.266 e. The lowest BCUT2D eigenvalue weighted by atomic mass is 10.2. The molecule has 2 aromatic rings. The Labute approximate surface area is 116 Å². The van der Waals surface area contributed by atoms with Gasteiger partial charge in [-0.1, -0.05) is 12.1 Å². The van der Waals surface area contributed by atoms with Gasteiger partial charge in [0.1, 0.15) is 10.6 Å². The molecule has 0 aliphatic rings. The van der Waals surface area contributed by atoms with Gasteiger partial charge in [-0.25, -0.2) is 0 Å². The number of rotatable bonds is 4. The molecule has 0 saturated heterocycles. The number of ether oxygens (including phenoxy) is 1. The molecule has 0 fully saturated rings. The fourth-order valence-electron chi connectivity index (χ4n) is 1.74. The van der Waals surface area contributed by atoms with Crippen LogP contribution >= 0.6 is 11.3 Å². The number of thiophene rings is 1. The van der Waals surface area contributed by atoms with Crippen molar-refractivity contribution in [3.05, 3.63) is 46.2 Å². The zero-order chi connectivity index (χ0) is 13.8. The van der Waals surface area contributed by atoms with E-state index in [1.807, 2.05) is 29.6 Å². The number of nitrogens with two attached hydrogens (primary N) is 1. The molecule has 0 atom stereocenters. The zero-order valence-electron chi connectivity index (χ0n) is 10.9. The molecular weight excluding hydrogens is 260 g/mol. The highest BCUT2D eigenvalue weighted by Crippen LogP contribution is 2.21. The number of hydrogen-bond donors (Lipinski definition) is 1. The second-order valence-corrected chi connectivity index (χ2v) is 5.13. The van der Waals surface area contributed by atoms with Crippen LogP contribution in [-0.4, -0.2) is 25.0 Å². The molecule has 1 heterocycles. The number of carbonyl (C=O) groups is 1. The maximum atomic E-state index is 12.2. The zero-order valence-corrected chi connectivity index (χ0v) is 11.7. The third kappa shape index (κ3) is 3.06. The average Bonchev–Trinajstić information content (AvgIpc) is 2.85. The molecule has 0 aliphatic carbocycles. The Morgan fingerprint density at radius 2 is 2.00 bits per heavy atom. The van der Waals surface area contributed by atoms with Crippen molar-refractivity contribution in [2.45, 2.75) is 6.54 Å². The van der Waals surface area contributed by atoms with Gasteiger partial charge in [-0.15, -0.1) is 11.3 Å². The SMILES string of the molecule is COc1ccc(CN(C)C(=O)c2sccc2N)cc1.